The first-order valence-corrected chi connectivity index (χ1v) is 29.2. The van der Waals surface area contributed by atoms with Crippen LogP contribution in [0.3, 0.4) is 0 Å². The number of rotatable bonds is 13. The van der Waals surface area contributed by atoms with Crippen molar-refractivity contribution in [1.29, 1.82) is 0 Å². The summed E-state index contributed by atoms with van der Waals surface area (Å²) in [6.07, 6.45) is 4.32. The van der Waals surface area contributed by atoms with E-state index in [1.54, 1.807) is 0 Å². The number of anilines is 2. The van der Waals surface area contributed by atoms with E-state index in [1.165, 1.54) is 60.8 Å². The van der Waals surface area contributed by atoms with Crippen molar-refractivity contribution < 1.29 is 4.74 Å². The molecule has 0 saturated carbocycles. The van der Waals surface area contributed by atoms with Gasteiger partial charge < -0.3 is 14.5 Å². The smallest absolute Gasteiger partial charge is 0.137 e. The van der Waals surface area contributed by atoms with Gasteiger partial charge >= 0.3 is 0 Å². The molecule has 0 N–H and O–H groups in total. The molecule has 0 bridgehead atoms. The first-order chi connectivity index (χ1) is 38.6. The monoisotopic (exact) mass is 1060 g/mol. The summed E-state index contributed by atoms with van der Waals surface area (Å²) in [7, 11) is 0. The van der Waals surface area contributed by atoms with Crippen molar-refractivity contribution in [1.82, 2.24) is 9.55 Å². The molecule has 11 rings (SSSR count). The molecule has 8 aromatic carbocycles. The van der Waals surface area contributed by atoms with Crippen LogP contribution in [0.5, 0.6) is 11.5 Å². The maximum atomic E-state index is 7.59. The number of hydrogen-bond donors (Lipinski definition) is 0. The predicted molar refractivity (Wildman–Crippen MR) is 344 cm³/mol. The molecule has 0 fully saturated rings. The number of nitrogens with zero attached hydrogens (tertiary/aromatic N) is 4. The fourth-order valence-electron chi connectivity index (χ4n) is 12.1. The van der Waals surface area contributed by atoms with E-state index in [-0.39, 0.29) is 28.1 Å². The quantitative estimate of drug-likeness (QED) is 0.115. The Hall–Kier alpha value is -8.15. The molecule has 2 aromatic heterocycles. The van der Waals surface area contributed by atoms with Gasteiger partial charge in [0.1, 0.15) is 17.3 Å². The van der Waals surface area contributed by atoms with Crippen LogP contribution in [-0.2, 0) is 21.7 Å². The molecule has 0 radical (unpaired) electrons. The lowest BCUT2D eigenvalue weighted by molar-refractivity contribution is 0.481. The first-order valence-electron chi connectivity index (χ1n) is 29.2. The highest BCUT2D eigenvalue weighted by Gasteiger charge is 2.33. The van der Waals surface area contributed by atoms with Gasteiger partial charge in [0, 0.05) is 57.5 Å². The van der Waals surface area contributed by atoms with Crippen molar-refractivity contribution >= 4 is 38.9 Å². The average Bonchev–Trinajstić information content (AvgIpc) is 3.91. The van der Waals surface area contributed by atoms with E-state index < -0.39 is 5.41 Å². The van der Waals surface area contributed by atoms with Gasteiger partial charge in [-0.05, 0) is 132 Å². The molecule has 0 unspecified atom stereocenters. The first kappa shape index (κ1) is 54.8. The Bertz CT molecular complexity index is 3930. The third-order valence-electron chi connectivity index (χ3n) is 17.1. The summed E-state index contributed by atoms with van der Waals surface area (Å²) >= 11 is 0. The maximum absolute atomic E-state index is 7.59. The number of pyridine rings is 1. The second-order valence-electron chi connectivity index (χ2n) is 26.2. The van der Waals surface area contributed by atoms with Crippen molar-refractivity contribution in [3.05, 3.63) is 257 Å². The summed E-state index contributed by atoms with van der Waals surface area (Å²) in [5.74, 6) is 2.98. The van der Waals surface area contributed by atoms with Crippen molar-refractivity contribution in [2.75, 3.05) is 16.5 Å². The second-order valence-corrected chi connectivity index (χ2v) is 26.2. The lowest BCUT2D eigenvalue weighted by Crippen LogP contribution is -2.27. The Morgan fingerprint density at radius 2 is 1.04 bits per heavy atom. The van der Waals surface area contributed by atoms with Gasteiger partial charge in [0.25, 0.3) is 0 Å². The zero-order valence-electron chi connectivity index (χ0n) is 50.2. The van der Waals surface area contributed by atoms with E-state index in [1.807, 2.05) is 6.20 Å². The van der Waals surface area contributed by atoms with E-state index in [0.29, 0.717) is 6.67 Å². The van der Waals surface area contributed by atoms with Crippen LogP contribution in [-0.4, -0.2) is 16.2 Å². The normalized spacial score (nSPS) is 13.5. The van der Waals surface area contributed by atoms with Crippen LogP contribution >= 0.6 is 0 Å². The summed E-state index contributed by atoms with van der Waals surface area (Å²) in [6.45, 7) is 33.0. The molecule has 5 nitrogen and oxygen atoms in total. The van der Waals surface area contributed by atoms with Gasteiger partial charge in [-0.1, -0.05) is 230 Å². The van der Waals surface area contributed by atoms with Crippen LogP contribution < -0.4 is 14.5 Å². The standard InChI is InChI=1S/C76H80N4O/c1-50(2)63-34-26-35-64(51(3)4)71(63)53-39-60(79-49-78(48-69(79)52-27-18-15-19-28-52)59-42-57(74(8,9)10)41-58(43-59)75(11,12)54-29-20-16-21-30-54)45-61(40-53)81-62-46-66(76(13,14)55-31-22-17-23-32-55)72-65-33-24-25-36-67(65)80(68(72)47-62)70-44-56(37-38-77-70)73(5,6)7/h15-48,50-51H,49H2,1-14H3. The summed E-state index contributed by atoms with van der Waals surface area (Å²) < 4.78 is 9.94. The molecule has 0 spiro atoms. The molecule has 0 amide bonds. The molecular weight excluding hydrogens is 985 g/mol. The predicted octanol–water partition coefficient (Wildman–Crippen LogP) is 20.4. The Kier molecular flexibility index (Phi) is 14.2. The number of hydrogen-bond acceptors (Lipinski definition) is 4. The fourth-order valence-corrected chi connectivity index (χ4v) is 12.1. The SMILES string of the molecule is CC(C)c1cccc(C(C)C)c1-c1cc(Oc2cc(C(C)(C)c3ccccc3)c3c4ccccc4n(-c4cc(C(C)(C)C)ccn4)c3c2)cc(N2CN(c3cc(C(C)(C)C)cc(C(C)(C)c4ccccc4)c3)C=C2c2ccccc2)c1. The van der Waals surface area contributed by atoms with Crippen LogP contribution in [0.2, 0.25) is 0 Å². The second kappa shape index (κ2) is 21.1. The minimum absolute atomic E-state index is 0.0713. The van der Waals surface area contributed by atoms with E-state index in [2.05, 4.69) is 312 Å². The van der Waals surface area contributed by atoms with Crippen LogP contribution in [0.25, 0.3) is 44.4 Å². The molecule has 0 saturated heterocycles. The number of fused-ring (bicyclic) bond motifs is 3. The molecule has 5 heteroatoms. The van der Waals surface area contributed by atoms with E-state index in [0.717, 1.165) is 56.5 Å². The number of para-hydroxylation sites is 1. The zero-order chi connectivity index (χ0) is 57.2. The Morgan fingerprint density at radius 1 is 0.457 bits per heavy atom. The van der Waals surface area contributed by atoms with Crippen LogP contribution in [0, 0.1) is 0 Å². The van der Waals surface area contributed by atoms with Gasteiger partial charge in [0.2, 0.25) is 0 Å². The molecular formula is C76H80N4O. The Labute approximate surface area is 482 Å². The minimum Gasteiger partial charge on any atom is -0.457 e. The summed E-state index contributed by atoms with van der Waals surface area (Å²) in [5, 5.41) is 2.37. The number of benzene rings is 8. The van der Waals surface area contributed by atoms with Gasteiger partial charge in [-0.15, -0.1) is 0 Å². The highest BCUT2D eigenvalue weighted by Crippen LogP contribution is 2.48. The average molecular weight is 1070 g/mol. The number of ether oxygens (including phenoxy) is 1. The van der Waals surface area contributed by atoms with E-state index in [9.17, 15) is 0 Å². The molecule has 410 valence electrons. The molecule has 0 atom stereocenters. The van der Waals surface area contributed by atoms with E-state index >= 15 is 0 Å². The van der Waals surface area contributed by atoms with Crippen molar-refractivity contribution in [3.8, 4) is 28.4 Å². The lowest BCUT2D eigenvalue weighted by atomic mass is 9.75. The van der Waals surface area contributed by atoms with Crippen molar-refractivity contribution in [2.45, 2.75) is 130 Å². The van der Waals surface area contributed by atoms with Gasteiger partial charge in [-0.2, -0.15) is 0 Å². The number of aromatic nitrogens is 2. The van der Waals surface area contributed by atoms with Crippen LogP contribution in [0.15, 0.2) is 207 Å². The van der Waals surface area contributed by atoms with Crippen LogP contribution in [0.1, 0.15) is 159 Å². The molecule has 1 aliphatic rings. The van der Waals surface area contributed by atoms with Crippen molar-refractivity contribution in [2.24, 2.45) is 0 Å². The third kappa shape index (κ3) is 10.5. The molecule has 1 aliphatic heterocycles. The topological polar surface area (TPSA) is 33.5 Å². The van der Waals surface area contributed by atoms with Gasteiger partial charge in [-0.25, -0.2) is 4.98 Å². The Balaban J connectivity index is 1.14. The highest BCUT2D eigenvalue weighted by molar-refractivity contribution is 6.12. The molecule has 3 heterocycles. The zero-order valence-corrected chi connectivity index (χ0v) is 50.2. The molecule has 81 heavy (non-hydrogen) atoms. The van der Waals surface area contributed by atoms with E-state index in [4.69, 9.17) is 9.72 Å². The minimum atomic E-state index is -0.418. The van der Waals surface area contributed by atoms with Gasteiger partial charge in [0.15, 0.2) is 0 Å². The van der Waals surface area contributed by atoms with Crippen molar-refractivity contribution in [3.63, 3.8) is 0 Å². The van der Waals surface area contributed by atoms with Gasteiger partial charge in [0.05, 0.1) is 23.4 Å². The lowest BCUT2D eigenvalue weighted by Gasteiger charge is -2.31. The Morgan fingerprint density at radius 3 is 1.67 bits per heavy atom. The highest BCUT2D eigenvalue weighted by atomic mass is 16.5. The molecule has 10 aromatic rings. The summed E-state index contributed by atoms with van der Waals surface area (Å²) in [6, 6.07) is 71.6. The van der Waals surface area contributed by atoms with Crippen LogP contribution in [0.4, 0.5) is 11.4 Å². The summed E-state index contributed by atoms with van der Waals surface area (Å²) in [4.78, 5) is 10.1. The largest absolute Gasteiger partial charge is 0.457 e. The fraction of sp³-hybridized carbons (Fsp3) is 0.276. The third-order valence-corrected chi connectivity index (χ3v) is 17.1. The maximum Gasteiger partial charge on any atom is 0.137 e. The van der Waals surface area contributed by atoms with Gasteiger partial charge in [-0.3, -0.25) is 4.57 Å². The molecule has 0 aliphatic carbocycles. The summed E-state index contributed by atoms with van der Waals surface area (Å²) in [5.41, 5.74) is 18.4.